The number of hydrogen-bond donors (Lipinski definition) is 0. The highest BCUT2D eigenvalue weighted by Gasteiger charge is 2.12. The van der Waals surface area contributed by atoms with Crippen molar-refractivity contribution >= 4 is 11.8 Å². The van der Waals surface area contributed by atoms with E-state index in [9.17, 15) is 0 Å². The van der Waals surface area contributed by atoms with Crippen LogP contribution in [0.1, 0.15) is 19.2 Å². The Morgan fingerprint density at radius 2 is 1.95 bits per heavy atom. The van der Waals surface area contributed by atoms with E-state index in [1.54, 1.807) is 26.0 Å². The van der Waals surface area contributed by atoms with Crippen molar-refractivity contribution in [3.8, 4) is 23.0 Å². The second kappa shape index (κ2) is 7.19. The highest BCUT2D eigenvalue weighted by molar-refractivity contribution is 7.98. The Hall–Kier alpha value is -1.69. The van der Waals surface area contributed by atoms with Gasteiger partial charge < -0.3 is 13.9 Å². The smallest absolute Gasteiger partial charge is 0.247 e. The Morgan fingerprint density at radius 1 is 1.15 bits per heavy atom. The third kappa shape index (κ3) is 3.45. The maximum absolute atomic E-state index is 5.65. The minimum Gasteiger partial charge on any atom is -0.493 e. The van der Waals surface area contributed by atoms with Crippen LogP contribution in [-0.2, 0) is 5.75 Å². The largest absolute Gasteiger partial charge is 0.493 e. The molecule has 0 bridgehead atoms. The molecule has 108 valence electrons. The molecule has 1 aromatic heterocycles. The van der Waals surface area contributed by atoms with Gasteiger partial charge in [0.25, 0.3) is 0 Å². The fourth-order valence-corrected chi connectivity index (χ4v) is 2.43. The van der Waals surface area contributed by atoms with Crippen LogP contribution in [0.15, 0.2) is 22.6 Å². The summed E-state index contributed by atoms with van der Waals surface area (Å²) in [5, 5.41) is 8.12. The summed E-state index contributed by atoms with van der Waals surface area (Å²) in [4.78, 5) is 0. The van der Waals surface area contributed by atoms with Crippen molar-refractivity contribution in [1.82, 2.24) is 10.2 Å². The molecule has 6 heteroatoms. The number of hydrogen-bond acceptors (Lipinski definition) is 6. The average molecular weight is 294 g/mol. The molecule has 0 unspecified atom stereocenters. The van der Waals surface area contributed by atoms with Gasteiger partial charge in [-0.1, -0.05) is 6.92 Å². The lowest BCUT2D eigenvalue weighted by atomic mass is 10.2. The molecule has 5 nitrogen and oxygen atoms in total. The molecule has 0 N–H and O–H groups in total. The fraction of sp³-hybridized carbons (Fsp3) is 0.429. The van der Waals surface area contributed by atoms with Gasteiger partial charge in [0.2, 0.25) is 11.8 Å². The number of aromatic nitrogens is 2. The van der Waals surface area contributed by atoms with E-state index in [0.29, 0.717) is 23.3 Å². The van der Waals surface area contributed by atoms with Gasteiger partial charge >= 0.3 is 0 Å². The Bertz CT molecular complexity index is 557. The highest BCUT2D eigenvalue weighted by Crippen LogP contribution is 2.31. The molecule has 0 fully saturated rings. The van der Waals surface area contributed by atoms with Crippen LogP contribution in [-0.4, -0.2) is 30.2 Å². The van der Waals surface area contributed by atoms with E-state index in [4.69, 9.17) is 13.9 Å². The normalized spacial score (nSPS) is 10.6. The second-order valence-electron chi connectivity index (χ2n) is 4.12. The number of nitrogens with zero attached hydrogens (tertiary/aromatic N) is 2. The summed E-state index contributed by atoms with van der Waals surface area (Å²) >= 11 is 1.79. The van der Waals surface area contributed by atoms with Gasteiger partial charge in [0, 0.05) is 5.56 Å². The summed E-state index contributed by atoms with van der Waals surface area (Å²) in [6.45, 7) is 2.15. The molecule has 20 heavy (non-hydrogen) atoms. The summed E-state index contributed by atoms with van der Waals surface area (Å²) < 4.78 is 16.1. The monoisotopic (exact) mass is 294 g/mol. The molecule has 0 aliphatic carbocycles. The van der Waals surface area contributed by atoms with Gasteiger partial charge in [-0.3, -0.25) is 0 Å². The van der Waals surface area contributed by atoms with E-state index in [0.717, 1.165) is 23.5 Å². The Kier molecular flexibility index (Phi) is 5.29. The fourth-order valence-electron chi connectivity index (χ4n) is 1.70. The van der Waals surface area contributed by atoms with E-state index in [2.05, 4.69) is 17.1 Å². The molecule has 0 aliphatic heterocycles. The first-order valence-corrected chi connectivity index (χ1v) is 7.56. The first kappa shape index (κ1) is 14.7. The summed E-state index contributed by atoms with van der Waals surface area (Å²) in [5.41, 5.74) is 0.821. The zero-order valence-corrected chi connectivity index (χ0v) is 12.7. The van der Waals surface area contributed by atoms with E-state index < -0.39 is 0 Å². The van der Waals surface area contributed by atoms with Gasteiger partial charge in [0.1, 0.15) is 0 Å². The molecule has 0 saturated carbocycles. The second-order valence-corrected chi connectivity index (χ2v) is 5.23. The number of benzene rings is 1. The quantitative estimate of drug-likeness (QED) is 0.729. The highest BCUT2D eigenvalue weighted by atomic mass is 32.2. The van der Waals surface area contributed by atoms with Crippen LogP contribution in [0, 0.1) is 0 Å². The third-order valence-corrected chi connectivity index (χ3v) is 3.82. The van der Waals surface area contributed by atoms with E-state index in [1.165, 1.54) is 0 Å². The predicted molar refractivity (Wildman–Crippen MR) is 79.3 cm³/mol. The molecular weight excluding hydrogens is 276 g/mol. The van der Waals surface area contributed by atoms with Crippen LogP contribution in [0.5, 0.6) is 11.5 Å². The van der Waals surface area contributed by atoms with Crippen LogP contribution >= 0.6 is 11.8 Å². The lowest BCUT2D eigenvalue weighted by Gasteiger charge is -2.07. The minimum absolute atomic E-state index is 0.498. The molecule has 1 heterocycles. The molecular formula is C14H18N2O3S. The lowest BCUT2D eigenvalue weighted by molar-refractivity contribution is 0.355. The van der Waals surface area contributed by atoms with Crippen molar-refractivity contribution in [2.24, 2.45) is 0 Å². The maximum atomic E-state index is 5.65. The summed E-state index contributed by atoms with van der Waals surface area (Å²) in [6.07, 6.45) is 1.14. The van der Waals surface area contributed by atoms with Crippen molar-refractivity contribution in [2.45, 2.75) is 19.1 Å². The molecule has 0 aliphatic rings. The third-order valence-electron chi connectivity index (χ3n) is 2.67. The molecule has 2 aromatic rings. The van der Waals surface area contributed by atoms with Gasteiger partial charge in [0.05, 0.1) is 20.0 Å². The van der Waals surface area contributed by atoms with Crippen molar-refractivity contribution in [3.05, 3.63) is 24.1 Å². The molecule has 0 radical (unpaired) electrons. The summed E-state index contributed by atoms with van der Waals surface area (Å²) in [6, 6.07) is 5.52. The average Bonchev–Trinajstić information content (AvgIpc) is 2.95. The Balaban J connectivity index is 2.15. The molecule has 1 aromatic carbocycles. The van der Waals surface area contributed by atoms with E-state index in [-0.39, 0.29) is 0 Å². The van der Waals surface area contributed by atoms with Crippen molar-refractivity contribution in [1.29, 1.82) is 0 Å². The first-order valence-electron chi connectivity index (χ1n) is 6.41. The Labute approximate surface area is 122 Å². The summed E-state index contributed by atoms with van der Waals surface area (Å²) in [5.74, 6) is 4.30. The minimum atomic E-state index is 0.498. The number of thioether (sulfide) groups is 1. The zero-order valence-electron chi connectivity index (χ0n) is 11.9. The van der Waals surface area contributed by atoms with Gasteiger partial charge in [-0.25, -0.2) is 0 Å². The van der Waals surface area contributed by atoms with Gasteiger partial charge in [0.15, 0.2) is 11.5 Å². The molecule has 0 atom stereocenters. The number of rotatable bonds is 7. The van der Waals surface area contributed by atoms with Crippen LogP contribution < -0.4 is 9.47 Å². The van der Waals surface area contributed by atoms with Gasteiger partial charge in [-0.05, 0) is 30.4 Å². The van der Waals surface area contributed by atoms with Gasteiger partial charge in [-0.15, -0.1) is 10.2 Å². The topological polar surface area (TPSA) is 57.4 Å². The van der Waals surface area contributed by atoms with E-state index >= 15 is 0 Å². The summed E-state index contributed by atoms with van der Waals surface area (Å²) in [7, 11) is 3.20. The standard InChI is InChI=1S/C14H18N2O3S/c1-4-7-20-9-13-15-16-14(19-13)10-5-6-11(17-2)12(8-10)18-3/h5-6,8H,4,7,9H2,1-3H3. The number of ether oxygens (including phenoxy) is 2. The maximum Gasteiger partial charge on any atom is 0.247 e. The zero-order chi connectivity index (χ0) is 14.4. The molecule has 0 amide bonds. The van der Waals surface area contributed by atoms with Crippen molar-refractivity contribution in [2.75, 3.05) is 20.0 Å². The first-order chi connectivity index (χ1) is 9.78. The van der Waals surface area contributed by atoms with Crippen LogP contribution in [0.4, 0.5) is 0 Å². The van der Waals surface area contributed by atoms with Crippen LogP contribution in [0.25, 0.3) is 11.5 Å². The number of methoxy groups -OCH3 is 2. The molecule has 0 spiro atoms. The molecule has 0 saturated heterocycles. The van der Waals surface area contributed by atoms with Crippen molar-refractivity contribution < 1.29 is 13.9 Å². The van der Waals surface area contributed by atoms with Gasteiger partial charge in [-0.2, -0.15) is 11.8 Å². The van der Waals surface area contributed by atoms with E-state index in [1.807, 2.05) is 18.2 Å². The molecule has 2 rings (SSSR count). The van der Waals surface area contributed by atoms with Crippen molar-refractivity contribution in [3.63, 3.8) is 0 Å². The predicted octanol–water partition coefficient (Wildman–Crippen LogP) is 3.40. The van der Waals surface area contributed by atoms with Crippen LogP contribution in [0.2, 0.25) is 0 Å². The van der Waals surface area contributed by atoms with Crippen LogP contribution in [0.3, 0.4) is 0 Å². The Morgan fingerprint density at radius 3 is 2.65 bits per heavy atom. The lowest BCUT2D eigenvalue weighted by Crippen LogP contribution is -1.90. The SMILES string of the molecule is CCCSCc1nnc(-c2ccc(OC)c(OC)c2)o1.